The van der Waals surface area contributed by atoms with Gasteiger partial charge in [0.2, 0.25) is 0 Å². The van der Waals surface area contributed by atoms with Gasteiger partial charge in [-0.15, -0.1) is 0 Å². The third-order valence-electron chi connectivity index (χ3n) is 7.60. The monoisotopic (exact) mass is 485 g/mol. The Labute approximate surface area is 220 Å². The van der Waals surface area contributed by atoms with Crippen LogP contribution in [0.4, 0.5) is 0 Å². The van der Waals surface area contributed by atoms with E-state index in [2.05, 4.69) is 144 Å². The van der Waals surface area contributed by atoms with Crippen LogP contribution in [0.1, 0.15) is 0 Å². The number of furan rings is 1. The third-order valence-corrected chi connectivity index (χ3v) is 7.60. The third kappa shape index (κ3) is 3.21. The molecular formula is C36H23NO. The lowest BCUT2D eigenvalue weighted by atomic mass is 10.0. The van der Waals surface area contributed by atoms with Crippen LogP contribution in [0.2, 0.25) is 0 Å². The van der Waals surface area contributed by atoms with Gasteiger partial charge in [-0.3, -0.25) is 0 Å². The molecule has 0 aliphatic rings. The molecule has 6 aromatic carbocycles. The lowest BCUT2D eigenvalue weighted by molar-refractivity contribution is 0.669. The molecule has 0 fully saturated rings. The van der Waals surface area contributed by atoms with Crippen molar-refractivity contribution >= 4 is 43.7 Å². The van der Waals surface area contributed by atoms with Crippen LogP contribution < -0.4 is 0 Å². The Morgan fingerprint density at radius 3 is 1.66 bits per heavy atom. The maximum Gasteiger partial charge on any atom is 0.135 e. The smallest absolute Gasteiger partial charge is 0.135 e. The van der Waals surface area contributed by atoms with E-state index in [1.165, 1.54) is 44.1 Å². The van der Waals surface area contributed by atoms with Gasteiger partial charge in [-0.1, -0.05) is 91.0 Å². The molecule has 8 aromatic rings. The van der Waals surface area contributed by atoms with Gasteiger partial charge in [-0.05, 0) is 70.8 Å². The zero-order valence-corrected chi connectivity index (χ0v) is 20.6. The first kappa shape index (κ1) is 21.0. The van der Waals surface area contributed by atoms with E-state index in [9.17, 15) is 0 Å². The highest BCUT2D eigenvalue weighted by atomic mass is 16.3. The molecule has 2 heterocycles. The van der Waals surface area contributed by atoms with Gasteiger partial charge >= 0.3 is 0 Å². The number of aromatic nitrogens is 1. The van der Waals surface area contributed by atoms with Gasteiger partial charge in [0.15, 0.2) is 0 Å². The van der Waals surface area contributed by atoms with Crippen molar-refractivity contribution in [1.82, 2.24) is 4.57 Å². The molecule has 0 spiro atoms. The Kier molecular flexibility index (Phi) is 4.55. The second-order valence-electron chi connectivity index (χ2n) is 9.81. The number of nitrogens with zero attached hydrogens (tertiary/aromatic N) is 1. The Hall–Kier alpha value is -5.08. The molecule has 0 unspecified atom stereocenters. The molecule has 0 saturated heterocycles. The van der Waals surface area contributed by atoms with Gasteiger partial charge in [-0.25, -0.2) is 0 Å². The first-order chi connectivity index (χ1) is 18.8. The number of para-hydroxylation sites is 1. The summed E-state index contributed by atoms with van der Waals surface area (Å²) in [6.07, 6.45) is 0. The molecule has 2 heteroatoms. The van der Waals surface area contributed by atoms with Crippen LogP contribution in [0, 0.1) is 0 Å². The van der Waals surface area contributed by atoms with Crippen molar-refractivity contribution in [2.45, 2.75) is 0 Å². The maximum absolute atomic E-state index is 6.25. The van der Waals surface area contributed by atoms with Crippen LogP contribution in [0.5, 0.6) is 0 Å². The van der Waals surface area contributed by atoms with Crippen molar-refractivity contribution in [2.24, 2.45) is 0 Å². The van der Waals surface area contributed by atoms with Crippen molar-refractivity contribution in [2.75, 3.05) is 0 Å². The number of rotatable bonds is 3. The highest BCUT2D eigenvalue weighted by molar-refractivity contribution is 6.11. The summed E-state index contributed by atoms with van der Waals surface area (Å²) in [4.78, 5) is 0. The second kappa shape index (κ2) is 8.22. The molecule has 0 N–H and O–H groups in total. The standard InChI is InChI=1S/C36H23NO/c1-3-9-24(10-4-1)26-15-18-34-30(21-26)29-13-7-8-14-33(29)37(34)28-17-20-36-32(23-28)31-22-27(16-19-35(31)38-36)25-11-5-2-6-12-25/h1-23H. The molecule has 0 saturated carbocycles. The number of fused-ring (bicyclic) bond motifs is 6. The highest BCUT2D eigenvalue weighted by Crippen LogP contribution is 2.38. The number of hydrogen-bond acceptors (Lipinski definition) is 1. The van der Waals surface area contributed by atoms with E-state index in [0.29, 0.717) is 0 Å². The summed E-state index contributed by atoms with van der Waals surface area (Å²) in [5, 5.41) is 4.77. The minimum atomic E-state index is 0.904. The molecule has 2 aromatic heterocycles. The predicted molar refractivity (Wildman–Crippen MR) is 159 cm³/mol. The van der Waals surface area contributed by atoms with E-state index < -0.39 is 0 Å². The topological polar surface area (TPSA) is 18.1 Å². The Bertz CT molecular complexity index is 2110. The lowest BCUT2D eigenvalue weighted by Gasteiger charge is -2.09. The minimum absolute atomic E-state index is 0.904. The number of hydrogen-bond donors (Lipinski definition) is 0. The minimum Gasteiger partial charge on any atom is -0.456 e. The molecular weight excluding hydrogens is 462 g/mol. The fourth-order valence-electron chi connectivity index (χ4n) is 5.78. The zero-order valence-electron chi connectivity index (χ0n) is 20.6. The summed E-state index contributed by atoms with van der Waals surface area (Å²) in [6.45, 7) is 0. The van der Waals surface area contributed by atoms with Gasteiger partial charge in [-0.2, -0.15) is 0 Å². The molecule has 0 radical (unpaired) electrons. The van der Waals surface area contributed by atoms with Gasteiger partial charge < -0.3 is 8.98 Å². The molecule has 38 heavy (non-hydrogen) atoms. The molecule has 8 rings (SSSR count). The summed E-state index contributed by atoms with van der Waals surface area (Å²) < 4.78 is 8.62. The summed E-state index contributed by atoms with van der Waals surface area (Å²) in [5.74, 6) is 0. The zero-order chi connectivity index (χ0) is 25.1. The second-order valence-corrected chi connectivity index (χ2v) is 9.81. The van der Waals surface area contributed by atoms with Crippen molar-refractivity contribution in [3.05, 3.63) is 140 Å². The summed E-state index contributed by atoms with van der Waals surface area (Å²) in [6, 6.07) is 49.6. The largest absolute Gasteiger partial charge is 0.456 e. The van der Waals surface area contributed by atoms with E-state index in [-0.39, 0.29) is 0 Å². The number of benzene rings is 6. The van der Waals surface area contributed by atoms with E-state index in [4.69, 9.17) is 4.42 Å². The molecule has 0 bridgehead atoms. The Morgan fingerprint density at radius 1 is 0.368 bits per heavy atom. The van der Waals surface area contributed by atoms with E-state index in [1.807, 2.05) is 0 Å². The SMILES string of the molecule is c1ccc(-c2ccc3oc4ccc(-n5c6ccccc6c6cc(-c7ccccc7)ccc65)cc4c3c2)cc1. The van der Waals surface area contributed by atoms with Crippen LogP contribution in [-0.2, 0) is 0 Å². The molecule has 0 aliphatic heterocycles. The van der Waals surface area contributed by atoms with Gasteiger partial charge in [0.1, 0.15) is 11.2 Å². The summed E-state index contributed by atoms with van der Waals surface area (Å²) in [5.41, 5.74) is 10.2. The average molecular weight is 486 g/mol. The van der Waals surface area contributed by atoms with Crippen LogP contribution in [0.3, 0.4) is 0 Å². The van der Waals surface area contributed by atoms with E-state index >= 15 is 0 Å². The first-order valence-corrected chi connectivity index (χ1v) is 12.9. The molecule has 0 amide bonds. The van der Waals surface area contributed by atoms with Crippen molar-refractivity contribution in [1.29, 1.82) is 0 Å². The predicted octanol–water partition coefficient (Wildman–Crippen LogP) is 10.0. The van der Waals surface area contributed by atoms with Gasteiger partial charge in [0.05, 0.1) is 11.0 Å². The Balaban J connectivity index is 1.36. The lowest BCUT2D eigenvalue weighted by Crippen LogP contribution is -1.93. The first-order valence-electron chi connectivity index (χ1n) is 12.9. The fraction of sp³-hybridized carbons (Fsp3) is 0. The van der Waals surface area contributed by atoms with E-state index in [1.54, 1.807) is 0 Å². The normalized spacial score (nSPS) is 11.7. The van der Waals surface area contributed by atoms with Crippen molar-refractivity contribution < 1.29 is 4.42 Å². The molecule has 2 nitrogen and oxygen atoms in total. The Morgan fingerprint density at radius 2 is 0.921 bits per heavy atom. The van der Waals surface area contributed by atoms with Gasteiger partial charge in [0, 0.05) is 27.2 Å². The van der Waals surface area contributed by atoms with Gasteiger partial charge in [0.25, 0.3) is 0 Å². The van der Waals surface area contributed by atoms with Crippen molar-refractivity contribution in [3.63, 3.8) is 0 Å². The van der Waals surface area contributed by atoms with Crippen molar-refractivity contribution in [3.8, 4) is 27.9 Å². The van der Waals surface area contributed by atoms with Crippen LogP contribution in [-0.4, -0.2) is 4.57 Å². The summed E-state index contributed by atoms with van der Waals surface area (Å²) in [7, 11) is 0. The molecule has 0 aliphatic carbocycles. The fourth-order valence-corrected chi connectivity index (χ4v) is 5.78. The maximum atomic E-state index is 6.25. The molecule has 178 valence electrons. The highest BCUT2D eigenvalue weighted by Gasteiger charge is 2.15. The van der Waals surface area contributed by atoms with Crippen LogP contribution >= 0.6 is 0 Å². The molecule has 0 atom stereocenters. The quantitative estimate of drug-likeness (QED) is 0.243. The van der Waals surface area contributed by atoms with Crippen LogP contribution in [0.25, 0.3) is 71.7 Å². The van der Waals surface area contributed by atoms with E-state index in [0.717, 1.165) is 27.6 Å². The van der Waals surface area contributed by atoms with Crippen LogP contribution in [0.15, 0.2) is 144 Å². The summed E-state index contributed by atoms with van der Waals surface area (Å²) >= 11 is 0. The average Bonchev–Trinajstić information content (AvgIpc) is 3.52.